The first kappa shape index (κ1) is 13.2. The summed E-state index contributed by atoms with van der Waals surface area (Å²) in [6.07, 6.45) is 0.333. The maximum atomic E-state index is 12.7. The van der Waals surface area contributed by atoms with Gasteiger partial charge in [0.2, 0.25) is 0 Å². The van der Waals surface area contributed by atoms with Gasteiger partial charge in [0.1, 0.15) is 6.54 Å². The van der Waals surface area contributed by atoms with Gasteiger partial charge in [-0.2, -0.15) is 13.2 Å². The third-order valence-electron chi connectivity index (χ3n) is 3.55. The molecule has 1 aromatic carbocycles. The Kier molecular flexibility index (Phi) is 3.30. The molecule has 106 valence electrons. The third kappa shape index (κ3) is 2.58. The fourth-order valence-corrected chi connectivity index (χ4v) is 2.69. The van der Waals surface area contributed by atoms with Crippen molar-refractivity contribution in [1.82, 2.24) is 9.88 Å². The smallest absolute Gasteiger partial charge is 0.338 e. The van der Waals surface area contributed by atoms with Crippen molar-refractivity contribution in [2.75, 3.05) is 13.1 Å². The molecule has 0 aliphatic carbocycles. The number of para-hydroxylation sites is 1. The minimum Gasteiger partial charge on any atom is -0.338 e. The fraction of sp³-hybridized carbons (Fsp3) is 0.333. The average Bonchev–Trinajstić information content (AvgIpc) is 2.77. The Bertz CT molecular complexity index is 653. The summed E-state index contributed by atoms with van der Waals surface area (Å²) >= 11 is 0. The summed E-state index contributed by atoms with van der Waals surface area (Å²) in [5.74, 6) is 0. The molecule has 0 spiro atoms. The molecule has 2 aromatic rings. The quantitative estimate of drug-likeness (QED) is 0.889. The van der Waals surface area contributed by atoms with Gasteiger partial charge in [0.05, 0.1) is 0 Å². The Morgan fingerprint density at radius 2 is 2.00 bits per heavy atom. The molecule has 1 aliphatic rings. The van der Waals surface area contributed by atoms with Crippen LogP contribution in [0.4, 0.5) is 13.2 Å². The summed E-state index contributed by atoms with van der Waals surface area (Å²) in [6, 6.07) is 7.27. The molecule has 2 heterocycles. The number of hydrogen-bond donors (Lipinski definition) is 1. The van der Waals surface area contributed by atoms with Crippen molar-refractivity contribution in [3.63, 3.8) is 0 Å². The van der Waals surface area contributed by atoms with Crippen LogP contribution in [0.15, 0.2) is 36.5 Å². The summed E-state index contributed by atoms with van der Waals surface area (Å²) in [7, 11) is 0. The zero-order chi connectivity index (χ0) is 14.2. The normalized spacial score (nSPS) is 16.4. The van der Waals surface area contributed by atoms with Crippen molar-refractivity contribution in [3.8, 4) is 0 Å². The van der Waals surface area contributed by atoms with Gasteiger partial charge in [0.25, 0.3) is 0 Å². The Morgan fingerprint density at radius 1 is 1.20 bits per heavy atom. The van der Waals surface area contributed by atoms with Crippen LogP contribution in [0.3, 0.4) is 0 Å². The van der Waals surface area contributed by atoms with E-state index in [4.69, 9.17) is 0 Å². The Morgan fingerprint density at radius 3 is 2.70 bits per heavy atom. The highest BCUT2D eigenvalue weighted by atomic mass is 19.4. The predicted molar refractivity (Wildman–Crippen MR) is 73.5 cm³/mol. The first-order chi connectivity index (χ1) is 9.54. The molecular weight excluding hydrogens is 265 g/mol. The van der Waals surface area contributed by atoms with E-state index in [9.17, 15) is 13.2 Å². The van der Waals surface area contributed by atoms with E-state index in [0.29, 0.717) is 5.52 Å². The largest absolute Gasteiger partial charge is 0.406 e. The van der Waals surface area contributed by atoms with Crippen LogP contribution in [0.2, 0.25) is 0 Å². The lowest BCUT2D eigenvalue weighted by atomic mass is 10.00. The fourth-order valence-electron chi connectivity index (χ4n) is 2.69. The zero-order valence-electron chi connectivity index (χ0n) is 10.9. The van der Waals surface area contributed by atoms with E-state index in [1.165, 1.54) is 4.57 Å². The molecule has 0 radical (unpaired) electrons. The number of nitrogens with zero attached hydrogens (tertiary/aromatic N) is 1. The maximum Gasteiger partial charge on any atom is 0.406 e. The molecule has 20 heavy (non-hydrogen) atoms. The van der Waals surface area contributed by atoms with Crippen LogP contribution in [0.25, 0.3) is 16.5 Å². The molecule has 1 aliphatic heterocycles. The topological polar surface area (TPSA) is 17.0 Å². The lowest BCUT2D eigenvalue weighted by Crippen LogP contribution is -2.20. The first-order valence-electron chi connectivity index (χ1n) is 6.59. The summed E-state index contributed by atoms with van der Waals surface area (Å²) in [6.45, 7) is 0.692. The standard InChI is InChI=1S/C15H15F3N2/c16-15(17,18)10-20-9-13(11-5-7-19-8-6-11)12-3-1-2-4-14(12)20/h1-5,9,19H,6-8,10H2. The van der Waals surface area contributed by atoms with Crippen LogP contribution in [0, 0.1) is 0 Å². The number of benzene rings is 1. The van der Waals surface area contributed by atoms with Crippen LogP contribution in [-0.2, 0) is 6.54 Å². The molecule has 3 rings (SSSR count). The molecular formula is C15H15F3N2. The van der Waals surface area contributed by atoms with Gasteiger partial charge in [0.15, 0.2) is 0 Å². The second kappa shape index (κ2) is 4.98. The van der Waals surface area contributed by atoms with Gasteiger partial charge in [-0.3, -0.25) is 0 Å². The van der Waals surface area contributed by atoms with Gasteiger partial charge in [-0.05, 0) is 24.6 Å². The number of alkyl halides is 3. The van der Waals surface area contributed by atoms with E-state index in [-0.39, 0.29) is 0 Å². The molecule has 0 fully saturated rings. The third-order valence-corrected chi connectivity index (χ3v) is 3.55. The van der Waals surface area contributed by atoms with Gasteiger partial charge in [-0.1, -0.05) is 24.3 Å². The summed E-state index contributed by atoms with van der Waals surface area (Å²) in [5.41, 5.74) is 2.69. The monoisotopic (exact) mass is 280 g/mol. The maximum absolute atomic E-state index is 12.7. The van der Waals surface area contributed by atoms with Crippen LogP contribution in [0.5, 0.6) is 0 Å². The highest BCUT2D eigenvalue weighted by Gasteiger charge is 2.29. The summed E-state index contributed by atoms with van der Waals surface area (Å²) in [5, 5.41) is 4.11. The molecule has 0 bridgehead atoms. The zero-order valence-corrected chi connectivity index (χ0v) is 10.9. The van der Waals surface area contributed by atoms with Crippen molar-refractivity contribution < 1.29 is 13.2 Å². The van der Waals surface area contributed by atoms with E-state index >= 15 is 0 Å². The molecule has 0 saturated carbocycles. The molecule has 2 nitrogen and oxygen atoms in total. The first-order valence-corrected chi connectivity index (χ1v) is 6.59. The minimum atomic E-state index is -4.21. The van der Waals surface area contributed by atoms with Crippen LogP contribution in [0.1, 0.15) is 12.0 Å². The molecule has 0 unspecified atom stereocenters. The van der Waals surface area contributed by atoms with Gasteiger partial charge in [0, 0.05) is 29.2 Å². The second-order valence-corrected chi connectivity index (χ2v) is 4.99. The van der Waals surface area contributed by atoms with Crippen LogP contribution >= 0.6 is 0 Å². The lowest BCUT2D eigenvalue weighted by Gasteiger charge is -2.13. The van der Waals surface area contributed by atoms with E-state index < -0.39 is 12.7 Å². The van der Waals surface area contributed by atoms with Crippen molar-refractivity contribution in [3.05, 3.63) is 42.1 Å². The van der Waals surface area contributed by atoms with Gasteiger partial charge < -0.3 is 9.88 Å². The van der Waals surface area contributed by atoms with Crippen LogP contribution in [-0.4, -0.2) is 23.8 Å². The van der Waals surface area contributed by atoms with E-state index in [1.54, 1.807) is 18.3 Å². The minimum absolute atomic E-state index is 0.638. The summed E-state index contributed by atoms with van der Waals surface area (Å²) < 4.78 is 39.3. The molecule has 1 aromatic heterocycles. The van der Waals surface area contributed by atoms with Crippen molar-refractivity contribution in [2.45, 2.75) is 19.1 Å². The van der Waals surface area contributed by atoms with Crippen molar-refractivity contribution >= 4 is 16.5 Å². The number of rotatable bonds is 2. The lowest BCUT2D eigenvalue weighted by molar-refractivity contribution is -0.139. The van der Waals surface area contributed by atoms with Crippen molar-refractivity contribution in [1.29, 1.82) is 0 Å². The molecule has 5 heteroatoms. The Hall–Kier alpha value is -1.75. The van der Waals surface area contributed by atoms with Crippen molar-refractivity contribution in [2.24, 2.45) is 0 Å². The SMILES string of the molecule is FC(F)(F)Cn1cc(C2=CCNCC2)c2ccccc21. The number of nitrogens with one attached hydrogen (secondary N) is 1. The molecule has 0 saturated heterocycles. The second-order valence-electron chi connectivity index (χ2n) is 4.99. The van der Waals surface area contributed by atoms with Crippen LogP contribution < -0.4 is 5.32 Å². The Balaban J connectivity index is 2.11. The van der Waals surface area contributed by atoms with E-state index in [1.807, 2.05) is 12.1 Å². The van der Waals surface area contributed by atoms with Gasteiger partial charge in [-0.25, -0.2) is 0 Å². The van der Waals surface area contributed by atoms with E-state index in [0.717, 1.165) is 36.0 Å². The highest BCUT2D eigenvalue weighted by molar-refractivity contribution is 5.93. The van der Waals surface area contributed by atoms with Gasteiger partial charge in [-0.15, -0.1) is 0 Å². The van der Waals surface area contributed by atoms with Gasteiger partial charge >= 0.3 is 6.18 Å². The van der Waals surface area contributed by atoms with E-state index in [2.05, 4.69) is 11.4 Å². The highest BCUT2D eigenvalue weighted by Crippen LogP contribution is 2.31. The molecule has 0 amide bonds. The number of aromatic nitrogens is 1. The number of hydrogen-bond acceptors (Lipinski definition) is 1. The average molecular weight is 280 g/mol. The predicted octanol–water partition coefficient (Wildman–Crippen LogP) is 3.58. The molecule has 0 atom stereocenters. The molecule has 1 N–H and O–H groups in total. The number of halogens is 3. The summed E-state index contributed by atoms with van der Waals surface area (Å²) in [4.78, 5) is 0. The Labute approximate surface area is 114 Å². The number of fused-ring (bicyclic) bond motifs is 1.